The Morgan fingerprint density at radius 1 is 1.23 bits per heavy atom. The SMILES string of the molecule is CC(O)(CNS(=O)(=O)/C=C/c1ccccc1)Cc1ccco1. The first-order valence-corrected chi connectivity index (χ1v) is 8.39. The number of rotatable bonds is 7. The molecule has 1 atom stereocenters. The Labute approximate surface area is 130 Å². The van der Waals surface area contributed by atoms with Gasteiger partial charge in [-0.1, -0.05) is 30.3 Å². The van der Waals surface area contributed by atoms with Crippen molar-refractivity contribution in [3.8, 4) is 0 Å². The zero-order valence-corrected chi connectivity index (χ0v) is 13.1. The maximum atomic E-state index is 11.9. The number of hydrogen-bond donors (Lipinski definition) is 2. The van der Waals surface area contributed by atoms with Gasteiger partial charge in [0, 0.05) is 18.4 Å². The molecule has 0 aliphatic rings. The molecule has 1 aromatic carbocycles. The molecule has 0 bridgehead atoms. The molecule has 0 fully saturated rings. The van der Waals surface area contributed by atoms with Crippen LogP contribution in [-0.2, 0) is 16.4 Å². The van der Waals surface area contributed by atoms with Crippen molar-refractivity contribution in [2.75, 3.05) is 6.54 Å². The quantitative estimate of drug-likeness (QED) is 0.819. The molecule has 22 heavy (non-hydrogen) atoms. The van der Waals surface area contributed by atoms with Crippen LogP contribution in [0.15, 0.2) is 58.6 Å². The Hall–Kier alpha value is -1.89. The summed E-state index contributed by atoms with van der Waals surface area (Å²) in [5, 5.41) is 11.3. The van der Waals surface area contributed by atoms with Gasteiger partial charge in [0.2, 0.25) is 10.0 Å². The van der Waals surface area contributed by atoms with Crippen LogP contribution in [0, 0.1) is 0 Å². The van der Waals surface area contributed by atoms with Gasteiger partial charge < -0.3 is 9.52 Å². The summed E-state index contributed by atoms with van der Waals surface area (Å²) in [5.41, 5.74) is -0.443. The van der Waals surface area contributed by atoms with E-state index in [1.807, 2.05) is 18.2 Å². The molecule has 0 aliphatic heterocycles. The summed E-state index contributed by atoms with van der Waals surface area (Å²) in [4.78, 5) is 0. The van der Waals surface area contributed by atoms with Crippen LogP contribution in [0.1, 0.15) is 18.2 Å². The molecule has 1 heterocycles. The molecule has 1 aromatic heterocycles. The number of nitrogens with one attached hydrogen (secondary N) is 1. The Balaban J connectivity index is 1.93. The van der Waals surface area contributed by atoms with Crippen LogP contribution >= 0.6 is 0 Å². The van der Waals surface area contributed by atoms with Crippen LogP contribution in [0.4, 0.5) is 0 Å². The average molecular weight is 321 g/mol. The third kappa shape index (κ3) is 5.48. The summed E-state index contributed by atoms with van der Waals surface area (Å²) in [5.74, 6) is 0.601. The van der Waals surface area contributed by atoms with Gasteiger partial charge in [0.05, 0.1) is 11.9 Å². The van der Waals surface area contributed by atoms with Crippen molar-refractivity contribution in [1.82, 2.24) is 4.72 Å². The van der Waals surface area contributed by atoms with E-state index in [-0.39, 0.29) is 13.0 Å². The van der Waals surface area contributed by atoms with Gasteiger partial charge in [0.15, 0.2) is 0 Å². The highest BCUT2D eigenvalue weighted by Crippen LogP contribution is 2.13. The van der Waals surface area contributed by atoms with Crippen molar-refractivity contribution in [2.24, 2.45) is 0 Å². The second-order valence-electron chi connectivity index (χ2n) is 5.33. The molecule has 1 unspecified atom stereocenters. The van der Waals surface area contributed by atoms with E-state index in [0.29, 0.717) is 5.76 Å². The van der Waals surface area contributed by atoms with Gasteiger partial charge in [-0.2, -0.15) is 0 Å². The molecule has 2 rings (SSSR count). The fourth-order valence-electron chi connectivity index (χ4n) is 1.89. The van der Waals surface area contributed by atoms with E-state index in [9.17, 15) is 13.5 Å². The van der Waals surface area contributed by atoms with Crippen molar-refractivity contribution in [3.05, 3.63) is 65.5 Å². The molecule has 6 heteroatoms. The molecule has 0 saturated heterocycles. The summed E-state index contributed by atoms with van der Waals surface area (Å²) in [7, 11) is -3.61. The zero-order chi connectivity index (χ0) is 16.1. The highest BCUT2D eigenvalue weighted by atomic mass is 32.2. The highest BCUT2D eigenvalue weighted by molar-refractivity contribution is 7.92. The molecule has 118 valence electrons. The Morgan fingerprint density at radius 3 is 2.59 bits per heavy atom. The maximum absolute atomic E-state index is 11.9. The number of aliphatic hydroxyl groups is 1. The fraction of sp³-hybridized carbons (Fsp3) is 0.250. The zero-order valence-electron chi connectivity index (χ0n) is 12.3. The molecule has 2 aromatic rings. The van der Waals surface area contributed by atoms with E-state index >= 15 is 0 Å². The minimum atomic E-state index is -3.61. The largest absolute Gasteiger partial charge is 0.469 e. The number of benzene rings is 1. The lowest BCUT2D eigenvalue weighted by Gasteiger charge is -2.21. The molecular formula is C16H19NO4S. The molecule has 0 aliphatic carbocycles. The van der Waals surface area contributed by atoms with Crippen LogP contribution in [0.3, 0.4) is 0 Å². The first-order chi connectivity index (χ1) is 10.4. The van der Waals surface area contributed by atoms with E-state index in [0.717, 1.165) is 11.0 Å². The minimum absolute atomic E-state index is 0.102. The van der Waals surface area contributed by atoms with Gasteiger partial charge in [-0.3, -0.25) is 0 Å². The van der Waals surface area contributed by atoms with E-state index in [2.05, 4.69) is 4.72 Å². The Kier molecular flexibility index (Phi) is 5.18. The lowest BCUT2D eigenvalue weighted by atomic mass is 10.0. The van der Waals surface area contributed by atoms with Crippen LogP contribution in [0.2, 0.25) is 0 Å². The van der Waals surface area contributed by atoms with Crippen LogP contribution in [-0.4, -0.2) is 25.7 Å². The topological polar surface area (TPSA) is 79.5 Å². The van der Waals surface area contributed by atoms with Crippen molar-refractivity contribution in [2.45, 2.75) is 18.9 Å². The normalized spacial score (nSPS) is 15.0. The molecular weight excluding hydrogens is 302 g/mol. The van der Waals surface area contributed by atoms with Gasteiger partial charge in [0.25, 0.3) is 0 Å². The van der Waals surface area contributed by atoms with Crippen LogP contribution < -0.4 is 4.72 Å². The average Bonchev–Trinajstić information content (AvgIpc) is 2.97. The van der Waals surface area contributed by atoms with Gasteiger partial charge in [-0.05, 0) is 30.7 Å². The molecule has 0 spiro atoms. The lowest BCUT2D eigenvalue weighted by Crippen LogP contribution is -2.41. The molecule has 0 amide bonds. The van der Waals surface area contributed by atoms with Crippen LogP contribution in [0.25, 0.3) is 6.08 Å². The Morgan fingerprint density at radius 2 is 1.95 bits per heavy atom. The monoisotopic (exact) mass is 321 g/mol. The smallest absolute Gasteiger partial charge is 0.233 e. The summed E-state index contributed by atoms with van der Waals surface area (Å²) < 4.78 is 31.4. The van der Waals surface area contributed by atoms with Crippen molar-refractivity contribution in [3.63, 3.8) is 0 Å². The summed E-state index contributed by atoms with van der Waals surface area (Å²) in [6.07, 6.45) is 3.24. The summed E-state index contributed by atoms with van der Waals surface area (Å²) in [6.45, 7) is 1.45. The second kappa shape index (κ2) is 6.91. The van der Waals surface area contributed by atoms with Gasteiger partial charge in [-0.15, -0.1) is 0 Å². The molecule has 0 saturated carbocycles. The van der Waals surface area contributed by atoms with Gasteiger partial charge >= 0.3 is 0 Å². The van der Waals surface area contributed by atoms with E-state index in [1.165, 1.54) is 12.3 Å². The van der Waals surface area contributed by atoms with E-state index < -0.39 is 15.6 Å². The van der Waals surface area contributed by atoms with Crippen molar-refractivity contribution in [1.29, 1.82) is 0 Å². The predicted molar refractivity (Wildman–Crippen MR) is 85.4 cm³/mol. The fourth-order valence-corrected chi connectivity index (χ4v) is 2.83. The second-order valence-corrected chi connectivity index (χ2v) is 6.98. The third-order valence-electron chi connectivity index (χ3n) is 3.03. The minimum Gasteiger partial charge on any atom is -0.469 e. The number of sulfonamides is 1. The first-order valence-electron chi connectivity index (χ1n) is 6.84. The maximum Gasteiger partial charge on any atom is 0.233 e. The summed E-state index contributed by atoms with van der Waals surface area (Å²) >= 11 is 0. The van der Waals surface area contributed by atoms with Crippen LogP contribution in [0.5, 0.6) is 0 Å². The van der Waals surface area contributed by atoms with Gasteiger partial charge in [0.1, 0.15) is 5.76 Å². The van der Waals surface area contributed by atoms with Crippen molar-refractivity contribution >= 4 is 16.1 Å². The molecule has 0 radical (unpaired) electrons. The number of hydrogen-bond acceptors (Lipinski definition) is 4. The van der Waals surface area contributed by atoms with E-state index in [4.69, 9.17) is 4.42 Å². The first kappa shape index (κ1) is 16.5. The standard InChI is InChI=1S/C16H19NO4S/c1-16(18,12-15-8-5-10-21-15)13-17-22(19,20)11-9-14-6-3-2-4-7-14/h2-11,17-18H,12-13H2,1H3/b11-9+. The third-order valence-corrected chi connectivity index (χ3v) is 4.07. The van der Waals surface area contributed by atoms with Gasteiger partial charge in [-0.25, -0.2) is 13.1 Å². The lowest BCUT2D eigenvalue weighted by molar-refractivity contribution is 0.0604. The highest BCUT2D eigenvalue weighted by Gasteiger charge is 2.24. The van der Waals surface area contributed by atoms with Crippen molar-refractivity contribution < 1.29 is 17.9 Å². The molecule has 2 N–H and O–H groups in total. The number of furan rings is 1. The molecule has 5 nitrogen and oxygen atoms in total. The van der Waals surface area contributed by atoms with E-state index in [1.54, 1.807) is 31.2 Å². The predicted octanol–water partition coefficient (Wildman–Crippen LogP) is 2.16. The Bertz CT molecular complexity index is 704. The summed E-state index contributed by atoms with van der Waals surface area (Å²) in [6, 6.07) is 12.6.